The largest absolute Gasteiger partial charge is 0.310 e. The number of nitrogens with one attached hydrogen (secondary N) is 2. The number of halogens is 3. The number of rotatable bonds is 3. The second-order valence-electron chi connectivity index (χ2n) is 5.95. The number of amides is 3. The smallest absolute Gasteiger partial charge is 0.269 e. The molecule has 27 heavy (non-hydrogen) atoms. The van der Waals surface area contributed by atoms with Crippen LogP contribution in [0.5, 0.6) is 0 Å². The van der Waals surface area contributed by atoms with E-state index in [9.17, 15) is 14.4 Å². The van der Waals surface area contributed by atoms with E-state index in [2.05, 4.69) is 10.9 Å². The van der Waals surface area contributed by atoms with Gasteiger partial charge < -0.3 is 4.90 Å². The Hall–Kier alpha value is -2.28. The average Bonchev–Trinajstić information content (AvgIpc) is 3.03. The summed E-state index contributed by atoms with van der Waals surface area (Å²) in [4.78, 5) is 38.1. The highest BCUT2D eigenvalue weighted by atomic mass is 35.5. The Kier molecular flexibility index (Phi) is 5.89. The Morgan fingerprint density at radius 3 is 2.33 bits per heavy atom. The van der Waals surface area contributed by atoms with Crippen molar-refractivity contribution in [3.05, 3.63) is 63.1 Å². The van der Waals surface area contributed by atoms with Gasteiger partial charge in [0, 0.05) is 28.6 Å². The molecule has 1 fully saturated rings. The molecule has 0 aliphatic carbocycles. The van der Waals surface area contributed by atoms with E-state index < -0.39 is 17.7 Å². The maximum Gasteiger partial charge on any atom is 0.269 e. The van der Waals surface area contributed by atoms with Gasteiger partial charge in [-0.05, 0) is 42.5 Å². The van der Waals surface area contributed by atoms with Crippen molar-refractivity contribution >= 4 is 58.2 Å². The lowest BCUT2D eigenvalue weighted by molar-refractivity contribution is -0.126. The summed E-state index contributed by atoms with van der Waals surface area (Å²) in [6.07, 6.45) is 0.00545. The molecule has 140 valence electrons. The van der Waals surface area contributed by atoms with E-state index in [-0.39, 0.29) is 18.9 Å². The first-order valence-electron chi connectivity index (χ1n) is 7.96. The van der Waals surface area contributed by atoms with Gasteiger partial charge in [0.15, 0.2) is 0 Å². The zero-order valence-electron chi connectivity index (χ0n) is 13.8. The van der Waals surface area contributed by atoms with Crippen LogP contribution in [0.1, 0.15) is 16.8 Å². The first-order valence-corrected chi connectivity index (χ1v) is 9.09. The molecule has 2 N–H and O–H groups in total. The van der Waals surface area contributed by atoms with Gasteiger partial charge in [-0.25, -0.2) is 0 Å². The number of hydrogen-bond acceptors (Lipinski definition) is 3. The lowest BCUT2D eigenvalue weighted by Gasteiger charge is -2.18. The minimum absolute atomic E-state index is 0.00545. The summed E-state index contributed by atoms with van der Waals surface area (Å²) in [5.74, 6) is -1.83. The predicted molar refractivity (Wildman–Crippen MR) is 104 cm³/mol. The molecule has 3 rings (SSSR count). The first kappa shape index (κ1) is 19.5. The topological polar surface area (TPSA) is 78.5 Å². The van der Waals surface area contributed by atoms with Gasteiger partial charge in [0.2, 0.25) is 11.8 Å². The molecule has 0 unspecified atom stereocenters. The molecule has 2 aromatic rings. The van der Waals surface area contributed by atoms with Crippen molar-refractivity contribution in [2.45, 2.75) is 6.42 Å². The zero-order valence-corrected chi connectivity index (χ0v) is 16.1. The lowest BCUT2D eigenvalue weighted by atomic mass is 10.1. The summed E-state index contributed by atoms with van der Waals surface area (Å²) in [6.45, 7) is 0.140. The van der Waals surface area contributed by atoms with Crippen LogP contribution in [-0.4, -0.2) is 24.3 Å². The van der Waals surface area contributed by atoms with Crippen molar-refractivity contribution in [3.63, 3.8) is 0 Å². The Morgan fingerprint density at radius 1 is 0.963 bits per heavy atom. The zero-order chi connectivity index (χ0) is 19.6. The van der Waals surface area contributed by atoms with Gasteiger partial charge in [-0.1, -0.05) is 34.8 Å². The minimum atomic E-state index is -0.627. The van der Waals surface area contributed by atoms with E-state index in [0.29, 0.717) is 26.3 Å². The van der Waals surface area contributed by atoms with Crippen LogP contribution < -0.4 is 15.8 Å². The van der Waals surface area contributed by atoms with Crippen molar-refractivity contribution in [1.82, 2.24) is 10.9 Å². The van der Waals surface area contributed by atoms with Crippen molar-refractivity contribution in [1.29, 1.82) is 0 Å². The second-order valence-corrected chi connectivity index (χ2v) is 7.23. The van der Waals surface area contributed by atoms with Crippen LogP contribution >= 0.6 is 34.8 Å². The summed E-state index contributed by atoms with van der Waals surface area (Å²) in [5.41, 5.74) is 5.47. The molecule has 1 saturated heterocycles. The Balaban J connectivity index is 1.61. The van der Waals surface area contributed by atoms with Gasteiger partial charge in [0.1, 0.15) is 0 Å². The van der Waals surface area contributed by atoms with Gasteiger partial charge in [-0.15, -0.1) is 0 Å². The molecule has 1 aliphatic rings. The summed E-state index contributed by atoms with van der Waals surface area (Å²) in [7, 11) is 0. The first-order chi connectivity index (χ1) is 12.8. The summed E-state index contributed by atoms with van der Waals surface area (Å²) in [6, 6.07) is 11.0. The number of carbonyl (C=O) groups excluding carboxylic acids is 3. The highest BCUT2D eigenvalue weighted by Crippen LogP contribution is 2.33. The third-order valence-electron chi connectivity index (χ3n) is 4.10. The Bertz CT molecular complexity index is 902. The van der Waals surface area contributed by atoms with Gasteiger partial charge in [0.05, 0.1) is 16.6 Å². The summed E-state index contributed by atoms with van der Waals surface area (Å²) < 4.78 is 0. The van der Waals surface area contributed by atoms with Gasteiger partial charge in [-0.2, -0.15) is 0 Å². The third-order valence-corrected chi connectivity index (χ3v) is 4.91. The molecular formula is C18H14Cl3N3O3. The molecule has 1 atom stereocenters. The fourth-order valence-electron chi connectivity index (χ4n) is 2.70. The molecule has 6 nitrogen and oxygen atoms in total. The highest BCUT2D eigenvalue weighted by Gasteiger charge is 2.36. The fraction of sp³-hybridized carbons (Fsp3) is 0.167. The molecule has 0 radical (unpaired) electrons. The van der Waals surface area contributed by atoms with Gasteiger partial charge >= 0.3 is 0 Å². The minimum Gasteiger partial charge on any atom is -0.310 e. The van der Waals surface area contributed by atoms with E-state index in [1.807, 2.05) is 0 Å². The molecule has 0 bridgehead atoms. The molecule has 9 heteroatoms. The normalized spacial score (nSPS) is 16.3. The molecule has 1 heterocycles. The molecule has 2 aromatic carbocycles. The van der Waals surface area contributed by atoms with E-state index in [1.54, 1.807) is 30.3 Å². The SMILES string of the molecule is O=C(NNC(=O)[C@H]1CC(=O)N(c2cc(Cl)ccc2Cl)C1)c1ccc(Cl)cc1. The Morgan fingerprint density at radius 2 is 1.63 bits per heavy atom. The van der Waals surface area contributed by atoms with Crippen LogP contribution in [0.25, 0.3) is 0 Å². The second kappa shape index (κ2) is 8.17. The van der Waals surface area contributed by atoms with Crippen molar-refractivity contribution in [3.8, 4) is 0 Å². The molecular weight excluding hydrogens is 413 g/mol. The van der Waals surface area contributed by atoms with E-state index in [4.69, 9.17) is 34.8 Å². The van der Waals surface area contributed by atoms with E-state index in [0.717, 1.165) is 0 Å². The Labute approximate surface area is 170 Å². The number of benzene rings is 2. The standard InChI is InChI=1S/C18H14Cl3N3O3/c19-12-3-1-10(2-4-12)17(26)22-23-18(27)11-7-16(25)24(9-11)15-8-13(20)5-6-14(15)21/h1-6,8,11H,7,9H2,(H,22,26)(H,23,27)/t11-/m0/s1. The van der Waals surface area contributed by atoms with Crippen molar-refractivity contribution in [2.24, 2.45) is 5.92 Å². The summed E-state index contributed by atoms with van der Waals surface area (Å²) in [5, 5.41) is 1.30. The molecule has 0 spiro atoms. The molecule has 0 aromatic heterocycles. The van der Waals surface area contributed by atoms with Crippen LogP contribution in [0.4, 0.5) is 5.69 Å². The number of hydrogen-bond donors (Lipinski definition) is 2. The maximum atomic E-state index is 12.3. The van der Waals surface area contributed by atoms with E-state index in [1.165, 1.54) is 17.0 Å². The van der Waals surface area contributed by atoms with Crippen LogP contribution in [0.3, 0.4) is 0 Å². The predicted octanol–water partition coefficient (Wildman–Crippen LogP) is 3.46. The fourth-order valence-corrected chi connectivity index (χ4v) is 3.21. The maximum absolute atomic E-state index is 12.3. The van der Waals surface area contributed by atoms with Crippen LogP contribution in [0.15, 0.2) is 42.5 Å². The quantitative estimate of drug-likeness (QED) is 0.738. The number of carbonyl (C=O) groups is 3. The monoisotopic (exact) mass is 425 g/mol. The van der Waals surface area contributed by atoms with Crippen LogP contribution in [-0.2, 0) is 9.59 Å². The number of anilines is 1. The summed E-state index contributed by atoms with van der Waals surface area (Å²) >= 11 is 17.9. The number of nitrogens with zero attached hydrogens (tertiary/aromatic N) is 1. The highest BCUT2D eigenvalue weighted by molar-refractivity contribution is 6.36. The molecule has 3 amide bonds. The van der Waals surface area contributed by atoms with Gasteiger partial charge in [-0.3, -0.25) is 25.2 Å². The third kappa shape index (κ3) is 4.53. The van der Waals surface area contributed by atoms with Crippen LogP contribution in [0, 0.1) is 5.92 Å². The average molecular weight is 427 g/mol. The lowest BCUT2D eigenvalue weighted by Crippen LogP contribution is -2.45. The molecule has 0 saturated carbocycles. The van der Waals surface area contributed by atoms with Crippen LogP contribution in [0.2, 0.25) is 15.1 Å². The van der Waals surface area contributed by atoms with Crippen molar-refractivity contribution in [2.75, 3.05) is 11.4 Å². The van der Waals surface area contributed by atoms with Crippen molar-refractivity contribution < 1.29 is 14.4 Å². The number of hydrazine groups is 1. The van der Waals surface area contributed by atoms with E-state index >= 15 is 0 Å². The molecule has 1 aliphatic heterocycles. The van der Waals surface area contributed by atoms with Gasteiger partial charge in [0.25, 0.3) is 5.91 Å².